The summed E-state index contributed by atoms with van der Waals surface area (Å²) in [7, 11) is 0. The minimum absolute atomic E-state index is 0.245. The van der Waals surface area contributed by atoms with Crippen LogP contribution in [0.5, 0.6) is 5.75 Å². The molecule has 0 aromatic heterocycles. The third-order valence-corrected chi connectivity index (χ3v) is 5.86. The Balaban J connectivity index is 1.94. The van der Waals surface area contributed by atoms with Crippen molar-refractivity contribution < 1.29 is 5.11 Å². The maximum Gasteiger partial charge on any atom is 0.115 e. The van der Waals surface area contributed by atoms with E-state index in [0.29, 0.717) is 17.6 Å². The van der Waals surface area contributed by atoms with Crippen LogP contribution in [0.3, 0.4) is 0 Å². The van der Waals surface area contributed by atoms with Crippen molar-refractivity contribution in [1.29, 1.82) is 0 Å². The van der Waals surface area contributed by atoms with Gasteiger partial charge < -0.3 is 5.11 Å². The molecule has 122 valence electrons. The summed E-state index contributed by atoms with van der Waals surface area (Å²) in [6.45, 7) is 7.12. The molecule has 0 amide bonds. The second kappa shape index (κ2) is 6.39. The van der Waals surface area contributed by atoms with Crippen molar-refractivity contribution in [1.82, 2.24) is 0 Å². The lowest BCUT2D eigenvalue weighted by atomic mass is 9.59. The third kappa shape index (κ3) is 3.29. The second-order valence-corrected chi connectivity index (χ2v) is 7.78. The molecule has 1 aliphatic carbocycles. The fourth-order valence-corrected chi connectivity index (χ4v) is 4.41. The first-order valence-electron chi connectivity index (χ1n) is 8.84. The van der Waals surface area contributed by atoms with Gasteiger partial charge in [0.2, 0.25) is 0 Å². The molecule has 3 rings (SSSR count). The summed E-state index contributed by atoms with van der Waals surface area (Å²) >= 11 is 0. The molecule has 3 atom stereocenters. The zero-order valence-electron chi connectivity index (χ0n) is 14.5. The van der Waals surface area contributed by atoms with Crippen LogP contribution in [0.1, 0.15) is 57.1 Å². The molecule has 1 heteroatoms. The molecule has 1 saturated carbocycles. The number of rotatable bonds is 3. The minimum atomic E-state index is 0.245. The molecule has 0 spiro atoms. The standard InChI is InChI=1S/C22H28O/c1-16(2)20-13-14-22(3,18-7-5-4-6-8-18)15-21(20)17-9-11-19(23)12-10-17/h4-12,16,20-21,23H,13-15H2,1-3H3. The zero-order valence-corrected chi connectivity index (χ0v) is 14.5. The van der Waals surface area contributed by atoms with E-state index in [1.165, 1.54) is 30.4 Å². The first-order chi connectivity index (χ1) is 11.0. The van der Waals surface area contributed by atoms with Crippen LogP contribution >= 0.6 is 0 Å². The Labute approximate surface area is 140 Å². The largest absolute Gasteiger partial charge is 0.508 e. The highest BCUT2D eigenvalue weighted by Gasteiger charge is 2.40. The van der Waals surface area contributed by atoms with Gasteiger partial charge in [0, 0.05) is 0 Å². The van der Waals surface area contributed by atoms with Crippen molar-refractivity contribution in [2.24, 2.45) is 11.8 Å². The van der Waals surface area contributed by atoms with Crippen molar-refractivity contribution in [2.75, 3.05) is 0 Å². The molecule has 1 aliphatic rings. The predicted octanol–water partition coefficient (Wildman–Crippen LogP) is 5.89. The van der Waals surface area contributed by atoms with E-state index in [4.69, 9.17) is 0 Å². The van der Waals surface area contributed by atoms with Crippen LogP contribution in [-0.2, 0) is 5.41 Å². The van der Waals surface area contributed by atoms with Gasteiger partial charge >= 0.3 is 0 Å². The number of phenols is 1. The fourth-order valence-electron chi connectivity index (χ4n) is 4.41. The van der Waals surface area contributed by atoms with Crippen molar-refractivity contribution in [3.8, 4) is 5.75 Å². The molecule has 0 heterocycles. The molecule has 23 heavy (non-hydrogen) atoms. The van der Waals surface area contributed by atoms with Crippen molar-refractivity contribution in [2.45, 2.75) is 51.4 Å². The van der Waals surface area contributed by atoms with E-state index in [1.54, 1.807) is 0 Å². The van der Waals surface area contributed by atoms with Gasteiger partial charge in [-0.15, -0.1) is 0 Å². The first kappa shape index (κ1) is 16.1. The Hall–Kier alpha value is -1.76. The van der Waals surface area contributed by atoms with Crippen LogP contribution in [0.15, 0.2) is 54.6 Å². The summed E-state index contributed by atoms with van der Waals surface area (Å²) in [5.74, 6) is 2.33. The Morgan fingerprint density at radius 3 is 2.26 bits per heavy atom. The molecule has 3 unspecified atom stereocenters. The SMILES string of the molecule is CC(C)C1CCC(C)(c2ccccc2)CC1c1ccc(O)cc1. The fraction of sp³-hybridized carbons (Fsp3) is 0.455. The number of hydrogen-bond donors (Lipinski definition) is 1. The number of hydrogen-bond acceptors (Lipinski definition) is 1. The van der Waals surface area contributed by atoms with Crippen LogP contribution in [0.2, 0.25) is 0 Å². The lowest BCUT2D eigenvalue weighted by Gasteiger charge is -2.45. The highest BCUT2D eigenvalue weighted by molar-refractivity contribution is 5.32. The first-order valence-corrected chi connectivity index (χ1v) is 8.84. The van der Waals surface area contributed by atoms with Crippen LogP contribution in [0.4, 0.5) is 0 Å². The molecule has 2 aromatic carbocycles. The molecule has 1 N–H and O–H groups in total. The Bertz CT molecular complexity index is 629. The van der Waals surface area contributed by atoms with Crippen LogP contribution in [0.25, 0.3) is 0 Å². The van der Waals surface area contributed by atoms with Crippen LogP contribution in [-0.4, -0.2) is 5.11 Å². The van der Waals surface area contributed by atoms with Gasteiger partial charge in [0.1, 0.15) is 5.75 Å². The molecule has 1 nitrogen and oxygen atoms in total. The lowest BCUT2D eigenvalue weighted by Crippen LogP contribution is -2.35. The smallest absolute Gasteiger partial charge is 0.115 e. The van der Waals surface area contributed by atoms with Crippen LogP contribution < -0.4 is 0 Å². The van der Waals surface area contributed by atoms with Gasteiger partial charge in [0.25, 0.3) is 0 Å². The summed E-state index contributed by atoms with van der Waals surface area (Å²) in [5, 5.41) is 9.61. The van der Waals surface area contributed by atoms with E-state index in [1.807, 2.05) is 12.1 Å². The Morgan fingerprint density at radius 1 is 1.00 bits per heavy atom. The van der Waals surface area contributed by atoms with Gasteiger partial charge in [-0.1, -0.05) is 63.2 Å². The normalized spacial score (nSPS) is 28.0. The lowest BCUT2D eigenvalue weighted by molar-refractivity contribution is 0.171. The summed E-state index contributed by atoms with van der Waals surface area (Å²) in [4.78, 5) is 0. The van der Waals surface area contributed by atoms with Gasteiger partial charge in [0.15, 0.2) is 0 Å². The van der Waals surface area contributed by atoms with Gasteiger partial charge in [0.05, 0.1) is 0 Å². The molecule has 0 radical (unpaired) electrons. The van der Waals surface area contributed by atoms with E-state index >= 15 is 0 Å². The number of benzene rings is 2. The molecule has 2 aromatic rings. The van der Waals surface area contributed by atoms with Gasteiger partial charge in [-0.25, -0.2) is 0 Å². The van der Waals surface area contributed by atoms with Gasteiger partial charge in [-0.05, 0) is 65.7 Å². The maximum atomic E-state index is 9.61. The van der Waals surface area contributed by atoms with Crippen molar-refractivity contribution in [3.05, 3.63) is 65.7 Å². The molecule has 0 bridgehead atoms. The summed E-state index contributed by atoms with van der Waals surface area (Å²) in [6.07, 6.45) is 3.72. The topological polar surface area (TPSA) is 20.2 Å². The summed E-state index contributed by atoms with van der Waals surface area (Å²) < 4.78 is 0. The number of aromatic hydroxyl groups is 1. The molecular formula is C22H28O. The Morgan fingerprint density at radius 2 is 1.65 bits per heavy atom. The van der Waals surface area contributed by atoms with Crippen molar-refractivity contribution in [3.63, 3.8) is 0 Å². The monoisotopic (exact) mass is 308 g/mol. The van der Waals surface area contributed by atoms with Crippen molar-refractivity contribution >= 4 is 0 Å². The average Bonchev–Trinajstić information content (AvgIpc) is 2.56. The summed E-state index contributed by atoms with van der Waals surface area (Å²) in [6, 6.07) is 18.9. The van der Waals surface area contributed by atoms with E-state index in [2.05, 4.69) is 63.2 Å². The van der Waals surface area contributed by atoms with E-state index < -0.39 is 0 Å². The average molecular weight is 308 g/mol. The Kier molecular flexibility index (Phi) is 4.48. The minimum Gasteiger partial charge on any atom is -0.508 e. The van der Waals surface area contributed by atoms with Crippen LogP contribution in [0, 0.1) is 11.8 Å². The number of phenolic OH excluding ortho intramolecular Hbond substituents is 1. The van der Waals surface area contributed by atoms with E-state index in [-0.39, 0.29) is 5.41 Å². The molecule has 1 fully saturated rings. The molecule has 0 aliphatic heterocycles. The zero-order chi connectivity index (χ0) is 16.4. The third-order valence-electron chi connectivity index (χ3n) is 5.86. The second-order valence-electron chi connectivity index (χ2n) is 7.78. The highest BCUT2D eigenvalue weighted by Crippen LogP contribution is 2.50. The maximum absolute atomic E-state index is 9.61. The molecule has 0 saturated heterocycles. The quantitative estimate of drug-likeness (QED) is 0.749. The highest BCUT2D eigenvalue weighted by atomic mass is 16.3. The van der Waals surface area contributed by atoms with Gasteiger partial charge in [-0.2, -0.15) is 0 Å². The summed E-state index contributed by atoms with van der Waals surface area (Å²) in [5.41, 5.74) is 3.09. The predicted molar refractivity (Wildman–Crippen MR) is 96.8 cm³/mol. The van der Waals surface area contributed by atoms with Gasteiger partial charge in [-0.3, -0.25) is 0 Å². The molecular weight excluding hydrogens is 280 g/mol. The van der Waals surface area contributed by atoms with E-state index in [9.17, 15) is 5.11 Å². The van der Waals surface area contributed by atoms with E-state index in [0.717, 1.165) is 5.92 Å².